The van der Waals surface area contributed by atoms with Crippen molar-refractivity contribution in [2.75, 3.05) is 29.3 Å². The molecule has 2 aliphatic heterocycles. The molecule has 2 N–H and O–H groups in total. The molecule has 3 heterocycles. The molecule has 2 fully saturated rings. The van der Waals surface area contributed by atoms with E-state index in [1.807, 2.05) is 30.3 Å². The minimum absolute atomic E-state index is 0.00341. The maximum absolute atomic E-state index is 13.8. The summed E-state index contributed by atoms with van der Waals surface area (Å²) in [4.78, 5) is 14.4. The minimum Gasteiger partial charge on any atom is -0.324 e. The van der Waals surface area contributed by atoms with E-state index in [0.29, 0.717) is 17.9 Å². The lowest BCUT2D eigenvalue weighted by Crippen LogP contribution is -2.26. The normalized spacial score (nSPS) is 20.9. The van der Waals surface area contributed by atoms with Gasteiger partial charge in [-0.05, 0) is 46.4 Å². The molecule has 7 nitrogen and oxygen atoms in total. The molecule has 0 radical (unpaired) electrons. The number of nitrogens with one attached hydrogen (secondary N) is 2. The van der Waals surface area contributed by atoms with E-state index >= 15 is 0 Å². The molecule has 0 amide bonds. The van der Waals surface area contributed by atoms with Gasteiger partial charge in [0.25, 0.3) is 0 Å². The molecule has 2 saturated heterocycles. The van der Waals surface area contributed by atoms with Gasteiger partial charge in [-0.25, -0.2) is 10.0 Å². The number of hydroxylamine groups is 1. The number of anilines is 3. The van der Waals surface area contributed by atoms with E-state index in [2.05, 4.69) is 20.0 Å². The zero-order valence-electron chi connectivity index (χ0n) is 18.1. The van der Waals surface area contributed by atoms with Gasteiger partial charge in [0.2, 0.25) is 5.95 Å². The average Bonchev–Trinajstić information content (AvgIpc) is 3.49. The molecule has 5 rings (SSSR count). The van der Waals surface area contributed by atoms with Gasteiger partial charge >= 0.3 is 6.18 Å². The smallest absolute Gasteiger partial charge is 0.324 e. The second-order valence-electron chi connectivity index (χ2n) is 8.20. The lowest BCUT2D eigenvalue weighted by Gasteiger charge is -2.26. The fourth-order valence-corrected chi connectivity index (χ4v) is 6.58. The summed E-state index contributed by atoms with van der Waals surface area (Å²) in [6, 6.07) is 15.8. The third kappa shape index (κ3) is 4.50. The van der Waals surface area contributed by atoms with Crippen molar-refractivity contribution in [2.45, 2.75) is 30.0 Å². The van der Waals surface area contributed by atoms with Crippen molar-refractivity contribution < 1.29 is 22.2 Å². The molecule has 0 unspecified atom stereocenters. The van der Waals surface area contributed by atoms with Crippen LogP contribution < -0.4 is 15.1 Å². The fourth-order valence-electron chi connectivity index (χ4n) is 4.23. The van der Waals surface area contributed by atoms with Crippen LogP contribution in [0.1, 0.15) is 30.0 Å². The van der Waals surface area contributed by atoms with Crippen LogP contribution in [0.4, 0.5) is 30.6 Å². The van der Waals surface area contributed by atoms with E-state index in [4.69, 9.17) is 4.84 Å². The molecule has 0 aliphatic carbocycles. The summed E-state index contributed by atoms with van der Waals surface area (Å²) >= 11 is 0. The lowest BCUT2D eigenvalue weighted by molar-refractivity contribution is -0.138. The van der Waals surface area contributed by atoms with Gasteiger partial charge in [-0.1, -0.05) is 30.3 Å². The quantitative estimate of drug-likeness (QED) is 0.459. The van der Waals surface area contributed by atoms with Gasteiger partial charge in [0.15, 0.2) is 5.82 Å². The minimum atomic E-state index is -4.65. The topological polar surface area (TPSA) is 79.4 Å². The molecule has 2 aliphatic rings. The first kappa shape index (κ1) is 22.8. The lowest BCUT2D eigenvalue weighted by atomic mass is 10.0. The van der Waals surface area contributed by atoms with Crippen molar-refractivity contribution in [1.82, 2.24) is 14.7 Å². The summed E-state index contributed by atoms with van der Waals surface area (Å²) < 4.78 is 57.4. The van der Waals surface area contributed by atoms with Gasteiger partial charge < -0.3 is 5.32 Å². The number of hydrogen-bond donors (Lipinski definition) is 3. The monoisotopic (exact) mass is 491 g/mol. The first-order valence-corrected chi connectivity index (χ1v) is 12.9. The molecule has 11 heteroatoms. The molecule has 180 valence electrons. The number of rotatable bonds is 5. The highest BCUT2D eigenvalue weighted by Gasteiger charge is 2.40. The van der Waals surface area contributed by atoms with Crippen LogP contribution in [0, 0.1) is 0 Å². The Labute approximate surface area is 195 Å². The second kappa shape index (κ2) is 8.97. The third-order valence-corrected chi connectivity index (χ3v) is 8.74. The maximum Gasteiger partial charge on any atom is 0.421 e. The molecule has 0 saturated carbocycles. The Morgan fingerprint density at radius 1 is 1.12 bits per heavy atom. The summed E-state index contributed by atoms with van der Waals surface area (Å²) in [7, 11) is -2.57. The summed E-state index contributed by atoms with van der Waals surface area (Å²) in [6.07, 6.45) is -2.49. The van der Waals surface area contributed by atoms with Crippen molar-refractivity contribution in [3.8, 4) is 0 Å². The van der Waals surface area contributed by atoms with E-state index in [1.165, 1.54) is 5.06 Å². The molecular formula is C23H24F3N5O2S. The highest BCUT2D eigenvalue weighted by molar-refractivity contribution is 8.01. The van der Waals surface area contributed by atoms with E-state index in [-0.39, 0.29) is 18.4 Å². The van der Waals surface area contributed by atoms with E-state index in [0.717, 1.165) is 29.6 Å². The standard InChI is InChI=1S/C23H24F3N5O2S/c24-23(25,26)19-15-27-22(29-17-7-9-18(10-8-17)34(32)14-4-12-28-34)30-21(19)31-20(11-13-33-31)16-5-2-1-3-6-16/h1-3,5-10,15,20,34H,4,11-14H2,(H,28,32)(H,27,29,30)/t20-/m0/s1. The van der Waals surface area contributed by atoms with Crippen LogP contribution in [0.5, 0.6) is 0 Å². The molecule has 0 bridgehead atoms. The highest BCUT2D eigenvalue weighted by atomic mass is 32.3. The number of benzene rings is 2. The zero-order valence-corrected chi connectivity index (χ0v) is 19.0. The number of thiol groups is 1. The van der Waals surface area contributed by atoms with Crippen LogP contribution in [0.2, 0.25) is 0 Å². The maximum atomic E-state index is 13.8. The van der Waals surface area contributed by atoms with Crippen molar-refractivity contribution >= 4 is 27.6 Å². The Kier molecular flexibility index (Phi) is 6.00. The summed E-state index contributed by atoms with van der Waals surface area (Å²) in [5.41, 5.74) is 0.441. The molecule has 1 atom stereocenters. The van der Waals surface area contributed by atoms with Gasteiger partial charge in [0.1, 0.15) is 5.56 Å². The summed E-state index contributed by atoms with van der Waals surface area (Å²) in [5.74, 6) is 0.278. The number of aromatic nitrogens is 2. The van der Waals surface area contributed by atoms with Gasteiger partial charge in [0, 0.05) is 35.5 Å². The molecule has 1 aromatic heterocycles. The Bertz CT molecular complexity index is 1200. The van der Waals surface area contributed by atoms with E-state index in [1.54, 1.807) is 24.3 Å². The number of hydrogen-bond acceptors (Lipinski definition) is 6. The number of nitrogens with zero attached hydrogens (tertiary/aromatic N) is 3. The van der Waals surface area contributed by atoms with Crippen molar-refractivity contribution in [1.29, 1.82) is 0 Å². The van der Waals surface area contributed by atoms with Crippen molar-refractivity contribution in [2.24, 2.45) is 0 Å². The van der Waals surface area contributed by atoms with Crippen LogP contribution in [0.3, 0.4) is 0 Å². The van der Waals surface area contributed by atoms with Crippen LogP contribution in [-0.4, -0.2) is 33.1 Å². The Morgan fingerprint density at radius 3 is 2.56 bits per heavy atom. The highest BCUT2D eigenvalue weighted by Crippen LogP contribution is 2.41. The first-order valence-electron chi connectivity index (χ1n) is 11.0. The fraction of sp³-hybridized carbons (Fsp3) is 0.304. The zero-order chi connectivity index (χ0) is 23.8. The van der Waals surface area contributed by atoms with Crippen molar-refractivity contribution in [3.05, 3.63) is 71.9 Å². The second-order valence-corrected chi connectivity index (χ2v) is 11.0. The van der Waals surface area contributed by atoms with Crippen LogP contribution in [0.25, 0.3) is 0 Å². The largest absolute Gasteiger partial charge is 0.421 e. The number of alkyl halides is 3. The average molecular weight is 492 g/mol. The molecule has 34 heavy (non-hydrogen) atoms. The van der Waals surface area contributed by atoms with E-state index < -0.39 is 27.9 Å². The molecule has 0 spiro atoms. The van der Waals surface area contributed by atoms with Crippen LogP contribution >= 0.6 is 0 Å². The van der Waals surface area contributed by atoms with Gasteiger partial charge in [-0.15, -0.1) is 0 Å². The van der Waals surface area contributed by atoms with Gasteiger partial charge in [-0.2, -0.15) is 18.2 Å². The Balaban J connectivity index is 1.44. The predicted molar refractivity (Wildman–Crippen MR) is 124 cm³/mol. The molecule has 3 aromatic rings. The Hall–Kier alpha value is -3.02. The van der Waals surface area contributed by atoms with Crippen LogP contribution in [-0.2, 0) is 21.1 Å². The summed E-state index contributed by atoms with van der Waals surface area (Å²) in [6.45, 7) is 1.00. The van der Waals surface area contributed by atoms with Gasteiger partial charge in [-0.3, -0.25) is 13.8 Å². The molecule has 2 aromatic carbocycles. The first-order chi connectivity index (χ1) is 16.3. The predicted octanol–water partition coefficient (Wildman–Crippen LogP) is 4.41. The number of halogens is 3. The Morgan fingerprint density at radius 2 is 1.88 bits per heavy atom. The summed E-state index contributed by atoms with van der Waals surface area (Å²) in [5, 5.41) is 4.18. The third-order valence-electron chi connectivity index (χ3n) is 5.93. The van der Waals surface area contributed by atoms with E-state index in [9.17, 15) is 17.4 Å². The van der Waals surface area contributed by atoms with Crippen molar-refractivity contribution in [3.63, 3.8) is 0 Å². The SMILES string of the molecule is O=[SH]1(c2ccc(Nc3ncc(C(F)(F)F)c(N4OCC[C@H]4c4ccccc4)n3)cc2)CCCN1. The van der Waals surface area contributed by atoms with Gasteiger partial charge in [0.05, 0.1) is 12.6 Å². The molecular weight excluding hydrogens is 467 g/mol. The van der Waals surface area contributed by atoms with Crippen LogP contribution in [0.15, 0.2) is 65.7 Å².